The Labute approximate surface area is 113 Å². The molecule has 1 aliphatic rings. The summed E-state index contributed by atoms with van der Waals surface area (Å²) in [5.41, 5.74) is 9.37. The minimum absolute atomic E-state index is 0.151. The van der Waals surface area contributed by atoms with Gasteiger partial charge in [0.2, 0.25) is 0 Å². The van der Waals surface area contributed by atoms with Gasteiger partial charge in [-0.25, -0.2) is 8.42 Å². The van der Waals surface area contributed by atoms with Crippen LogP contribution in [-0.2, 0) is 9.84 Å². The third kappa shape index (κ3) is 3.07. The number of hydrogen-bond acceptors (Lipinski definition) is 6. The number of H-pyrrole nitrogens is 1. The molecule has 19 heavy (non-hydrogen) atoms. The summed E-state index contributed by atoms with van der Waals surface area (Å²) in [6.45, 7) is 0. The van der Waals surface area contributed by atoms with Gasteiger partial charge in [0.1, 0.15) is 15.7 Å². The molecular weight excluding hydrogens is 266 g/mol. The van der Waals surface area contributed by atoms with Gasteiger partial charge in [-0.3, -0.25) is 16.4 Å². The normalized spacial score (nSPS) is 26.2. The molecular formula is C11H21N5O2S. The van der Waals surface area contributed by atoms with E-state index in [4.69, 9.17) is 11.6 Å². The molecule has 1 aliphatic carbocycles. The molecule has 1 aromatic rings. The van der Waals surface area contributed by atoms with Crippen molar-refractivity contribution in [1.82, 2.24) is 15.6 Å². The summed E-state index contributed by atoms with van der Waals surface area (Å²) in [5.74, 6) is 6.25. The minimum atomic E-state index is -3.00. The summed E-state index contributed by atoms with van der Waals surface area (Å²) >= 11 is 0. The first-order valence-corrected chi connectivity index (χ1v) is 8.32. The van der Waals surface area contributed by atoms with Gasteiger partial charge >= 0.3 is 0 Å². The average molecular weight is 287 g/mol. The summed E-state index contributed by atoms with van der Waals surface area (Å²) in [5, 5.41) is 6.29. The highest BCUT2D eigenvalue weighted by atomic mass is 32.2. The number of nitrogens with zero attached hydrogens (tertiary/aromatic N) is 1. The number of anilines is 1. The van der Waals surface area contributed by atoms with Crippen molar-refractivity contribution in [3.63, 3.8) is 0 Å². The Kier molecular flexibility index (Phi) is 4.12. The lowest BCUT2D eigenvalue weighted by molar-refractivity contribution is 0.275. The molecule has 8 heteroatoms. The third-order valence-electron chi connectivity index (χ3n) is 3.96. The number of hydrazine groups is 1. The molecule has 1 aromatic heterocycles. The van der Waals surface area contributed by atoms with Crippen LogP contribution in [0.3, 0.4) is 0 Å². The SMILES string of the molecule is CS(=O)(=O)C1CCCC(C(NN)c2cn[nH]c2N)C1. The average Bonchev–Trinajstić information content (AvgIpc) is 2.76. The maximum absolute atomic E-state index is 11.7. The zero-order valence-corrected chi connectivity index (χ0v) is 11.8. The van der Waals surface area contributed by atoms with Crippen molar-refractivity contribution in [3.8, 4) is 0 Å². The number of aromatic amines is 1. The van der Waals surface area contributed by atoms with Crippen molar-refractivity contribution in [3.05, 3.63) is 11.8 Å². The summed E-state index contributed by atoms with van der Waals surface area (Å²) in [6, 6.07) is -0.164. The first kappa shape index (κ1) is 14.3. The van der Waals surface area contributed by atoms with E-state index in [1.54, 1.807) is 6.20 Å². The highest BCUT2D eigenvalue weighted by Gasteiger charge is 2.34. The molecule has 7 nitrogen and oxygen atoms in total. The number of sulfone groups is 1. The van der Waals surface area contributed by atoms with Gasteiger partial charge in [0.15, 0.2) is 0 Å². The van der Waals surface area contributed by atoms with Crippen LogP contribution in [0.2, 0.25) is 0 Å². The summed E-state index contributed by atoms with van der Waals surface area (Å²) in [7, 11) is -3.00. The molecule has 1 heterocycles. The highest BCUT2D eigenvalue weighted by molar-refractivity contribution is 7.91. The standard InChI is InChI=1S/C11H21N5O2S/c1-19(17,18)8-4-2-3-7(5-8)10(15-13)9-6-14-16-11(9)12/h6-8,10,15H,2-5,13H2,1H3,(H3,12,14,16). The van der Waals surface area contributed by atoms with E-state index in [0.29, 0.717) is 12.2 Å². The predicted molar refractivity (Wildman–Crippen MR) is 73.7 cm³/mol. The zero-order valence-electron chi connectivity index (χ0n) is 11.0. The first-order valence-electron chi connectivity index (χ1n) is 6.37. The maximum atomic E-state index is 11.7. The van der Waals surface area contributed by atoms with Gasteiger partial charge in [0.25, 0.3) is 0 Å². The summed E-state index contributed by atoms with van der Waals surface area (Å²) in [6.07, 6.45) is 6.11. The van der Waals surface area contributed by atoms with E-state index in [2.05, 4.69) is 15.6 Å². The Morgan fingerprint density at radius 3 is 2.79 bits per heavy atom. The molecule has 3 unspecified atom stereocenters. The van der Waals surface area contributed by atoms with Crippen LogP contribution >= 0.6 is 0 Å². The summed E-state index contributed by atoms with van der Waals surface area (Å²) < 4.78 is 23.4. The fourth-order valence-electron chi connectivity index (χ4n) is 2.91. The fraction of sp³-hybridized carbons (Fsp3) is 0.727. The number of aromatic nitrogens is 2. The van der Waals surface area contributed by atoms with E-state index in [1.807, 2.05) is 0 Å². The topological polar surface area (TPSA) is 127 Å². The minimum Gasteiger partial charge on any atom is -0.384 e. The Bertz CT molecular complexity index is 527. The van der Waals surface area contributed by atoms with Crippen LogP contribution in [0.25, 0.3) is 0 Å². The highest BCUT2D eigenvalue weighted by Crippen LogP contribution is 2.37. The largest absolute Gasteiger partial charge is 0.384 e. The van der Waals surface area contributed by atoms with E-state index < -0.39 is 9.84 Å². The fourth-order valence-corrected chi connectivity index (χ4v) is 4.10. The van der Waals surface area contributed by atoms with Crippen LogP contribution in [0, 0.1) is 5.92 Å². The van der Waals surface area contributed by atoms with Gasteiger partial charge in [-0.15, -0.1) is 0 Å². The van der Waals surface area contributed by atoms with E-state index in [1.165, 1.54) is 6.26 Å². The van der Waals surface area contributed by atoms with E-state index in [-0.39, 0.29) is 17.2 Å². The molecule has 0 amide bonds. The van der Waals surface area contributed by atoms with E-state index >= 15 is 0 Å². The Balaban J connectivity index is 2.18. The van der Waals surface area contributed by atoms with Crippen molar-refractivity contribution >= 4 is 15.7 Å². The zero-order chi connectivity index (χ0) is 14.0. The Hall–Kier alpha value is -1.12. The quantitative estimate of drug-likeness (QED) is 0.459. The van der Waals surface area contributed by atoms with Crippen LogP contribution in [-0.4, -0.2) is 30.1 Å². The van der Waals surface area contributed by atoms with Gasteiger partial charge in [0, 0.05) is 11.8 Å². The maximum Gasteiger partial charge on any atom is 0.150 e. The van der Waals surface area contributed by atoms with E-state index in [0.717, 1.165) is 24.8 Å². The molecule has 2 rings (SSSR count). The van der Waals surface area contributed by atoms with Crippen LogP contribution in [0.15, 0.2) is 6.20 Å². The number of hydrogen-bond donors (Lipinski definition) is 4. The number of nitrogen functional groups attached to an aromatic ring is 1. The lowest BCUT2D eigenvalue weighted by atomic mass is 9.81. The molecule has 0 spiro atoms. The van der Waals surface area contributed by atoms with Crippen molar-refractivity contribution in [1.29, 1.82) is 0 Å². The Morgan fingerprint density at radius 2 is 2.26 bits per heavy atom. The van der Waals surface area contributed by atoms with Crippen LogP contribution in [0.4, 0.5) is 5.82 Å². The van der Waals surface area contributed by atoms with Crippen molar-refractivity contribution in [2.75, 3.05) is 12.0 Å². The van der Waals surface area contributed by atoms with Gasteiger partial charge in [-0.2, -0.15) is 5.10 Å². The lowest BCUT2D eigenvalue weighted by Crippen LogP contribution is -2.38. The van der Waals surface area contributed by atoms with Crippen molar-refractivity contribution in [2.45, 2.75) is 37.0 Å². The Morgan fingerprint density at radius 1 is 1.53 bits per heavy atom. The van der Waals surface area contributed by atoms with Gasteiger partial charge in [-0.05, 0) is 25.2 Å². The lowest BCUT2D eigenvalue weighted by Gasteiger charge is -2.33. The second-order valence-corrected chi connectivity index (χ2v) is 7.59. The first-order chi connectivity index (χ1) is 8.93. The third-order valence-corrected chi connectivity index (χ3v) is 5.60. The van der Waals surface area contributed by atoms with Crippen LogP contribution in [0.1, 0.15) is 37.3 Å². The van der Waals surface area contributed by atoms with E-state index in [9.17, 15) is 8.42 Å². The molecule has 0 aliphatic heterocycles. The van der Waals surface area contributed by atoms with Gasteiger partial charge in [-0.1, -0.05) is 6.42 Å². The number of nitrogens with one attached hydrogen (secondary N) is 2. The van der Waals surface area contributed by atoms with Crippen LogP contribution < -0.4 is 17.0 Å². The second-order valence-electron chi connectivity index (χ2n) is 5.26. The van der Waals surface area contributed by atoms with Gasteiger partial charge in [0.05, 0.1) is 17.5 Å². The molecule has 108 valence electrons. The summed E-state index contributed by atoms with van der Waals surface area (Å²) in [4.78, 5) is 0. The smallest absolute Gasteiger partial charge is 0.150 e. The number of rotatable bonds is 4. The molecule has 1 saturated carbocycles. The van der Waals surface area contributed by atoms with Crippen molar-refractivity contribution < 1.29 is 8.42 Å². The molecule has 6 N–H and O–H groups in total. The van der Waals surface area contributed by atoms with Crippen molar-refractivity contribution in [2.24, 2.45) is 11.8 Å². The molecule has 3 atom stereocenters. The predicted octanol–water partition coefficient (Wildman–Crippen LogP) is 0.0997. The second kappa shape index (κ2) is 5.48. The molecule has 0 bridgehead atoms. The van der Waals surface area contributed by atoms with Gasteiger partial charge < -0.3 is 5.73 Å². The number of nitrogens with two attached hydrogens (primary N) is 2. The molecule has 0 aromatic carbocycles. The van der Waals surface area contributed by atoms with Crippen LogP contribution in [0.5, 0.6) is 0 Å². The molecule has 0 saturated heterocycles. The molecule has 0 radical (unpaired) electrons. The molecule has 1 fully saturated rings. The monoisotopic (exact) mass is 287 g/mol.